The van der Waals surface area contributed by atoms with Gasteiger partial charge in [0.25, 0.3) is 0 Å². The fourth-order valence-electron chi connectivity index (χ4n) is 6.62. The second kappa shape index (κ2) is 19.3. The van der Waals surface area contributed by atoms with Gasteiger partial charge in [-0.25, -0.2) is 8.80 Å². The van der Waals surface area contributed by atoms with Gasteiger partial charge in [-0.05, 0) is 34.0 Å². The summed E-state index contributed by atoms with van der Waals surface area (Å²) in [7, 11) is -2.06. The molecule has 3 rings (SSSR count). The Kier molecular flexibility index (Phi) is 18.2. The maximum Gasteiger partial charge on any atom is 2.00 e. The number of hydrazine groups is 1. The van der Waals surface area contributed by atoms with Crippen molar-refractivity contribution in [3.63, 3.8) is 0 Å². The average Bonchev–Trinajstić information content (AvgIpc) is 2.91. The SMILES string of the molecule is CC(C)P(c1ccccc1[Si-](c1ccccc1P(C(C)C)C(C)C)c1ccccc1P(C(C)C)C(C)C)C(C)C.NN.[Fe+2]. The van der Waals surface area contributed by atoms with E-state index in [1.54, 1.807) is 31.5 Å². The molecule has 0 bridgehead atoms. The summed E-state index contributed by atoms with van der Waals surface area (Å²) >= 11 is 0. The second-order valence-electron chi connectivity index (χ2n) is 12.7. The van der Waals surface area contributed by atoms with Gasteiger partial charge in [0.2, 0.25) is 0 Å². The van der Waals surface area contributed by atoms with Gasteiger partial charge in [-0.15, -0.1) is 0 Å². The Balaban J connectivity index is 0.00000302. The molecule has 43 heavy (non-hydrogen) atoms. The first kappa shape index (κ1) is 40.6. The van der Waals surface area contributed by atoms with Crippen LogP contribution in [0.1, 0.15) is 83.1 Å². The van der Waals surface area contributed by atoms with Crippen molar-refractivity contribution in [2.45, 2.75) is 117 Å². The van der Waals surface area contributed by atoms with E-state index in [9.17, 15) is 0 Å². The van der Waals surface area contributed by atoms with Crippen LogP contribution in [-0.2, 0) is 17.1 Å². The molecule has 0 aliphatic heterocycles. The van der Waals surface area contributed by atoms with Gasteiger partial charge >= 0.3 is 17.1 Å². The molecule has 0 saturated heterocycles. The summed E-state index contributed by atoms with van der Waals surface area (Å²) in [5, 5.41) is 9.89. The predicted octanol–water partition coefficient (Wildman–Crippen LogP) is 6.79. The number of hydrogen-bond acceptors (Lipinski definition) is 2. The quantitative estimate of drug-likeness (QED) is 0.0722. The Labute approximate surface area is 281 Å². The summed E-state index contributed by atoms with van der Waals surface area (Å²) in [4.78, 5) is 0. The van der Waals surface area contributed by atoms with Crippen molar-refractivity contribution in [1.82, 2.24) is 0 Å². The first-order valence-electron chi connectivity index (χ1n) is 15.7. The molecule has 7 heteroatoms. The molecule has 0 radical (unpaired) electrons. The summed E-state index contributed by atoms with van der Waals surface area (Å²) in [5.41, 5.74) is 3.98. The van der Waals surface area contributed by atoms with E-state index in [-0.39, 0.29) is 40.8 Å². The molecule has 0 amide bonds. The summed E-state index contributed by atoms with van der Waals surface area (Å²) in [6, 6.07) is 29.0. The molecule has 0 spiro atoms. The van der Waals surface area contributed by atoms with E-state index < -0.39 is 8.80 Å². The standard InChI is InChI=1S/C36H54P3Si.Fe.H4N2/c1-25(2)37(26(3)4)31-19-13-16-22-34(31)40(35-23-17-14-20-32(35)38(27(5)6)28(7)8)36-24-18-15-21-33(36)39(29(9)10)30(11)12;;1-2/h13-30H,1-12H3;;1-2H2/q-1;+2;. The number of benzene rings is 3. The van der Waals surface area contributed by atoms with Crippen LogP contribution >= 0.6 is 23.8 Å². The van der Waals surface area contributed by atoms with Gasteiger partial charge in [0.05, 0.1) is 0 Å². The first-order valence-corrected chi connectivity index (χ1v) is 21.7. The second-order valence-corrected chi connectivity index (χ2v) is 25.2. The number of rotatable bonds is 12. The van der Waals surface area contributed by atoms with Gasteiger partial charge in [-0.1, -0.05) is 196 Å². The minimum Gasteiger partial charge on any atom is -0.274 e. The molecular weight excluding hydrogens is 637 g/mol. The van der Waals surface area contributed by atoms with Crippen LogP contribution in [0.15, 0.2) is 72.8 Å². The Hall–Kier alpha value is -0.394. The molecule has 0 aromatic heterocycles. The molecule has 0 aliphatic rings. The van der Waals surface area contributed by atoms with Crippen LogP contribution in [-0.4, -0.2) is 42.8 Å². The Morgan fingerprint density at radius 1 is 0.395 bits per heavy atom. The van der Waals surface area contributed by atoms with E-state index >= 15 is 0 Å². The molecule has 0 unspecified atom stereocenters. The van der Waals surface area contributed by atoms with Crippen LogP contribution in [0.25, 0.3) is 0 Å². The molecule has 3 aromatic carbocycles. The number of hydrogen-bond donors (Lipinski definition) is 2. The average molecular weight is 696 g/mol. The third-order valence-corrected chi connectivity index (χ3v) is 20.8. The van der Waals surface area contributed by atoms with Crippen molar-refractivity contribution < 1.29 is 17.1 Å². The van der Waals surface area contributed by atoms with Crippen molar-refractivity contribution in [3.8, 4) is 0 Å². The molecule has 0 saturated carbocycles. The Morgan fingerprint density at radius 2 is 0.581 bits per heavy atom. The Morgan fingerprint density at radius 3 is 0.767 bits per heavy atom. The fourth-order valence-corrected chi connectivity index (χ4v) is 20.2. The number of nitrogens with two attached hydrogens (primary N) is 2. The molecule has 4 N–H and O–H groups in total. The smallest absolute Gasteiger partial charge is 0.274 e. The van der Waals surface area contributed by atoms with Gasteiger partial charge < -0.3 is 0 Å². The van der Waals surface area contributed by atoms with E-state index in [2.05, 4.69) is 168 Å². The predicted molar refractivity (Wildman–Crippen MR) is 203 cm³/mol. The largest absolute Gasteiger partial charge is 2.00 e. The van der Waals surface area contributed by atoms with Crippen molar-refractivity contribution >= 4 is 64.0 Å². The summed E-state index contributed by atoms with van der Waals surface area (Å²) in [6.07, 6.45) is 0. The van der Waals surface area contributed by atoms with Gasteiger partial charge in [-0.3, -0.25) is 11.7 Å². The summed E-state index contributed by atoms with van der Waals surface area (Å²) in [5.74, 6) is 8.00. The molecule has 0 heterocycles. The molecule has 0 atom stereocenters. The van der Waals surface area contributed by atoms with E-state index in [0.29, 0.717) is 34.0 Å². The topological polar surface area (TPSA) is 52.0 Å². The van der Waals surface area contributed by atoms with Gasteiger partial charge in [0, 0.05) is 0 Å². The third-order valence-electron chi connectivity index (χ3n) is 7.69. The zero-order valence-corrected chi connectivity index (χ0v) is 33.5. The van der Waals surface area contributed by atoms with Crippen LogP contribution in [0.4, 0.5) is 0 Å². The van der Waals surface area contributed by atoms with E-state index in [1.807, 2.05) is 0 Å². The first-order chi connectivity index (χ1) is 19.9. The molecule has 0 aliphatic carbocycles. The van der Waals surface area contributed by atoms with E-state index in [1.165, 1.54) is 0 Å². The summed E-state index contributed by atoms with van der Waals surface area (Å²) in [6.45, 7) is 29.4. The molecule has 2 nitrogen and oxygen atoms in total. The van der Waals surface area contributed by atoms with E-state index in [0.717, 1.165) is 0 Å². The van der Waals surface area contributed by atoms with Crippen LogP contribution in [0.5, 0.6) is 0 Å². The van der Waals surface area contributed by atoms with Gasteiger partial charge in [0.15, 0.2) is 0 Å². The molecule has 238 valence electrons. The van der Waals surface area contributed by atoms with Crippen molar-refractivity contribution in [1.29, 1.82) is 0 Å². The fraction of sp³-hybridized carbons (Fsp3) is 0.500. The van der Waals surface area contributed by atoms with Crippen LogP contribution < -0.4 is 43.2 Å². The maximum absolute atomic E-state index is 4.00. The van der Waals surface area contributed by atoms with Gasteiger partial charge in [0.1, 0.15) is 0 Å². The molecular formula is C36H58FeN2P3Si+. The van der Waals surface area contributed by atoms with Crippen LogP contribution in [0.2, 0.25) is 0 Å². The van der Waals surface area contributed by atoms with Crippen LogP contribution in [0.3, 0.4) is 0 Å². The third kappa shape index (κ3) is 10.0. The molecule has 3 aromatic rings. The normalized spacial score (nSPS) is 11.8. The minimum atomic E-state index is -1.25. The van der Waals surface area contributed by atoms with Crippen molar-refractivity contribution in [3.05, 3.63) is 72.8 Å². The van der Waals surface area contributed by atoms with Crippen molar-refractivity contribution in [2.24, 2.45) is 11.7 Å². The van der Waals surface area contributed by atoms with Crippen LogP contribution in [0, 0.1) is 0 Å². The Bertz CT molecular complexity index is 1060. The zero-order chi connectivity index (χ0) is 31.7. The van der Waals surface area contributed by atoms with Crippen molar-refractivity contribution in [2.75, 3.05) is 0 Å². The van der Waals surface area contributed by atoms with E-state index in [4.69, 9.17) is 0 Å². The summed E-state index contributed by atoms with van der Waals surface area (Å²) < 4.78 is 0. The van der Waals surface area contributed by atoms with Gasteiger partial charge in [-0.2, -0.15) is 15.6 Å². The maximum atomic E-state index is 4.00. The monoisotopic (exact) mass is 695 g/mol. The zero-order valence-electron chi connectivity index (χ0n) is 28.7. The molecule has 0 fully saturated rings. The minimum absolute atomic E-state index is 0.